The van der Waals surface area contributed by atoms with Gasteiger partial charge in [-0.25, -0.2) is 4.98 Å². The molecular weight excluding hydrogens is 310 g/mol. The molecule has 0 spiro atoms. The van der Waals surface area contributed by atoms with E-state index in [-0.39, 0.29) is 5.91 Å². The Bertz CT molecular complexity index is 839. The zero-order valence-corrected chi connectivity index (χ0v) is 15.0. The maximum atomic E-state index is 13.0. The van der Waals surface area contributed by atoms with Gasteiger partial charge in [0.25, 0.3) is 0 Å². The van der Waals surface area contributed by atoms with Crippen molar-refractivity contribution < 1.29 is 4.79 Å². The predicted molar refractivity (Wildman–Crippen MR) is 103 cm³/mol. The van der Waals surface area contributed by atoms with Crippen LogP contribution in [0, 0.1) is 0 Å². The summed E-state index contributed by atoms with van der Waals surface area (Å²) in [5.74, 6) is 1.09. The normalized spacial score (nSPS) is 11.0. The number of fused-ring (bicyclic) bond motifs is 1. The Morgan fingerprint density at radius 2 is 1.76 bits per heavy atom. The van der Waals surface area contributed by atoms with Crippen molar-refractivity contribution in [2.75, 3.05) is 11.4 Å². The van der Waals surface area contributed by atoms with Gasteiger partial charge in [-0.15, -0.1) is 0 Å². The predicted octanol–water partition coefficient (Wildman–Crippen LogP) is 4.43. The Morgan fingerprint density at radius 3 is 2.48 bits per heavy atom. The number of nitrogens with zero attached hydrogens (tertiary/aromatic N) is 3. The number of imidazole rings is 1. The van der Waals surface area contributed by atoms with E-state index < -0.39 is 0 Å². The number of benzene rings is 2. The number of carbonyl (C=O) groups is 1. The fourth-order valence-electron chi connectivity index (χ4n) is 3.16. The van der Waals surface area contributed by atoms with Gasteiger partial charge in [0.2, 0.25) is 5.91 Å². The van der Waals surface area contributed by atoms with E-state index in [1.54, 1.807) is 0 Å². The molecule has 0 aliphatic carbocycles. The van der Waals surface area contributed by atoms with E-state index in [2.05, 4.69) is 11.5 Å². The van der Waals surface area contributed by atoms with Crippen molar-refractivity contribution in [1.82, 2.24) is 9.55 Å². The maximum absolute atomic E-state index is 13.0. The van der Waals surface area contributed by atoms with Gasteiger partial charge < -0.3 is 9.47 Å². The second-order valence-electron chi connectivity index (χ2n) is 6.18. The molecule has 0 fully saturated rings. The van der Waals surface area contributed by atoms with E-state index in [0.717, 1.165) is 41.8 Å². The van der Waals surface area contributed by atoms with E-state index in [1.165, 1.54) is 0 Å². The number of likely N-dealkylation sites (N-methyl/N-ethyl adjacent to an activating group) is 1. The molecule has 130 valence electrons. The molecule has 0 N–H and O–H groups in total. The van der Waals surface area contributed by atoms with E-state index >= 15 is 0 Å². The first kappa shape index (κ1) is 17.2. The Hall–Kier alpha value is -2.62. The van der Waals surface area contributed by atoms with Crippen LogP contribution in [-0.2, 0) is 17.8 Å². The summed E-state index contributed by atoms with van der Waals surface area (Å²) in [6, 6.07) is 17.9. The minimum absolute atomic E-state index is 0.0922. The summed E-state index contributed by atoms with van der Waals surface area (Å²) in [6.45, 7) is 5.16. The number of carbonyl (C=O) groups excluding carboxylic acids is 1. The highest BCUT2D eigenvalue weighted by atomic mass is 16.2. The Labute approximate surface area is 149 Å². The lowest BCUT2D eigenvalue weighted by Gasteiger charge is -2.22. The van der Waals surface area contributed by atoms with Gasteiger partial charge in [-0.2, -0.15) is 0 Å². The van der Waals surface area contributed by atoms with Crippen LogP contribution < -0.4 is 4.90 Å². The van der Waals surface area contributed by atoms with Crippen LogP contribution in [0.3, 0.4) is 0 Å². The van der Waals surface area contributed by atoms with Crippen molar-refractivity contribution in [3.05, 3.63) is 60.4 Å². The third kappa shape index (κ3) is 3.73. The zero-order valence-electron chi connectivity index (χ0n) is 15.0. The van der Waals surface area contributed by atoms with Crippen LogP contribution in [0.25, 0.3) is 11.0 Å². The summed E-state index contributed by atoms with van der Waals surface area (Å²) < 4.78 is 2.08. The standard InChI is InChI=1S/C21H25N3O/c1-3-5-15-20-22-18-13-9-10-14-19(18)24(20)16-21(25)23(4-2)17-11-7-6-8-12-17/h6-14H,3-5,15-16H2,1-2H3. The average molecular weight is 335 g/mol. The molecule has 4 nitrogen and oxygen atoms in total. The number of anilines is 1. The second kappa shape index (κ2) is 7.97. The molecule has 0 aliphatic heterocycles. The second-order valence-corrected chi connectivity index (χ2v) is 6.18. The molecule has 0 unspecified atom stereocenters. The first-order chi connectivity index (χ1) is 12.2. The van der Waals surface area contributed by atoms with Crippen molar-refractivity contribution in [2.45, 2.75) is 39.7 Å². The third-order valence-corrected chi connectivity index (χ3v) is 4.47. The van der Waals surface area contributed by atoms with Crippen LogP contribution in [0.1, 0.15) is 32.5 Å². The summed E-state index contributed by atoms with van der Waals surface area (Å²) >= 11 is 0. The van der Waals surface area contributed by atoms with Crippen LogP contribution in [0.4, 0.5) is 5.69 Å². The van der Waals surface area contributed by atoms with E-state index in [9.17, 15) is 4.79 Å². The van der Waals surface area contributed by atoms with E-state index in [0.29, 0.717) is 13.1 Å². The van der Waals surface area contributed by atoms with Crippen molar-refractivity contribution >= 4 is 22.6 Å². The molecule has 1 amide bonds. The third-order valence-electron chi connectivity index (χ3n) is 4.47. The van der Waals surface area contributed by atoms with Crippen LogP contribution in [0.2, 0.25) is 0 Å². The van der Waals surface area contributed by atoms with Gasteiger partial charge in [-0.1, -0.05) is 43.7 Å². The van der Waals surface area contributed by atoms with Crippen molar-refractivity contribution in [2.24, 2.45) is 0 Å². The van der Waals surface area contributed by atoms with Crippen LogP contribution in [-0.4, -0.2) is 22.0 Å². The van der Waals surface area contributed by atoms with Gasteiger partial charge in [0, 0.05) is 18.7 Å². The minimum Gasteiger partial charge on any atom is -0.318 e. The largest absolute Gasteiger partial charge is 0.318 e. The van der Waals surface area contributed by atoms with Crippen molar-refractivity contribution in [3.63, 3.8) is 0 Å². The molecule has 0 bridgehead atoms. The first-order valence-electron chi connectivity index (χ1n) is 9.04. The van der Waals surface area contributed by atoms with E-state index in [4.69, 9.17) is 4.98 Å². The highest BCUT2D eigenvalue weighted by molar-refractivity contribution is 5.94. The molecule has 0 saturated carbocycles. The molecule has 1 heterocycles. The van der Waals surface area contributed by atoms with Gasteiger partial charge in [-0.05, 0) is 37.6 Å². The smallest absolute Gasteiger partial charge is 0.246 e. The van der Waals surface area contributed by atoms with Gasteiger partial charge >= 0.3 is 0 Å². The van der Waals surface area contributed by atoms with Crippen molar-refractivity contribution in [1.29, 1.82) is 0 Å². The molecule has 3 rings (SSSR count). The lowest BCUT2D eigenvalue weighted by atomic mass is 10.2. The fourth-order valence-corrected chi connectivity index (χ4v) is 3.16. The summed E-state index contributed by atoms with van der Waals surface area (Å²) in [4.78, 5) is 19.6. The molecular formula is C21H25N3O. The molecule has 3 aromatic rings. The quantitative estimate of drug-likeness (QED) is 0.640. The average Bonchev–Trinajstić information content (AvgIpc) is 2.99. The lowest BCUT2D eigenvalue weighted by molar-refractivity contribution is -0.119. The Morgan fingerprint density at radius 1 is 1.04 bits per heavy atom. The molecule has 4 heteroatoms. The fraction of sp³-hybridized carbons (Fsp3) is 0.333. The number of aryl methyl sites for hydroxylation is 1. The SMILES string of the molecule is CCCCc1nc2ccccc2n1CC(=O)N(CC)c1ccccc1. The highest BCUT2D eigenvalue weighted by Crippen LogP contribution is 2.19. The topological polar surface area (TPSA) is 38.1 Å². The van der Waals surface area contributed by atoms with E-state index in [1.807, 2.05) is 66.4 Å². The molecule has 2 aromatic carbocycles. The number of hydrogen-bond donors (Lipinski definition) is 0. The first-order valence-corrected chi connectivity index (χ1v) is 9.04. The van der Waals surface area contributed by atoms with Gasteiger partial charge in [0.1, 0.15) is 12.4 Å². The summed E-state index contributed by atoms with van der Waals surface area (Å²) in [7, 11) is 0. The van der Waals surface area contributed by atoms with Gasteiger partial charge in [0.05, 0.1) is 11.0 Å². The van der Waals surface area contributed by atoms with Crippen LogP contribution >= 0.6 is 0 Å². The summed E-state index contributed by atoms with van der Waals surface area (Å²) in [5.41, 5.74) is 2.93. The number of unbranched alkanes of at least 4 members (excludes halogenated alkanes) is 1. The molecule has 25 heavy (non-hydrogen) atoms. The number of para-hydroxylation sites is 3. The molecule has 0 aliphatic rings. The summed E-state index contributed by atoms with van der Waals surface area (Å²) in [6.07, 6.45) is 3.09. The lowest BCUT2D eigenvalue weighted by Crippen LogP contribution is -2.34. The Kier molecular flexibility index (Phi) is 5.49. The zero-order chi connectivity index (χ0) is 17.6. The number of aromatic nitrogens is 2. The van der Waals surface area contributed by atoms with Gasteiger partial charge in [0.15, 0.2) is 0 Å². The molecule has 0 radical (unpaired) electrons. The van der Waals surface area contributed by atoms with Crippen LogP contribution in [0.15, 0.2) is 54.6 Å². The minimum atomic E-state index is 0.0922. The Balaban J connectivity index is 1.91. The highest BCUT2D eigenvalue weighted by Gasteiger charge is 2.18. The monoisotopic (exact) mass is 335 g/mol. The molecule has 0 atom stereocenters. The van der Waals surface area contributed by atoms with Crippen molar-refractivity contribution in [3.8, 4) is 0 Å². The molecule has 1 aromatic heterocycles. The van der Waals surface area contributed by atoms with Crippen LogP contribution in [0.5, 0.6) is 0 Å². The summed E-state index contributed by atoms with van der Waals surface area (Å²) in [5, 5.41) is 0. The number of hydrogen-bond acceptors (Lipinski definition) is 2. The maximum Gasteiger partial charge on any atom is 0.246 e. The number of amides is 1. The number of rotatable bonds is 7. The molecule has 0 saturated heterocycles. The van der Waals surface area contributed by atoms with Gasteiger partial charge in [-0.3, -0.25) is 4.79 Å².